The first-order chi connectivity index (χ1) is 14.1. The average Bonchev–Trinajstić information content (AvgIpc) is 3.25. The first-order valence-corrected chi connectivity index (χ1v) is 10.2. The molecule has 6 nitrogen and oxygen atoms in total. The number of para-hydroxylation sites is 2. The Balaban J connectivity index is 1.75. The third-order valence-corrected chi connectivity index (χ3v) is 5.69. The highest BCUT2D eigenvalue weighted by atomic mass is 16.5. The summed E-state index contributed by atoms with van der Waals surface area (Å²) in [5.74, 6) is 0.744. The molecule has 2 atom stereocenters. The number of ether oxygens (including phenoxy) is 3. The standard InChI is InChI=1S/C23H28N2O4/c1-23(19-10-4-6-12-21(19)29-15-14-27-2)24-20-11-5-3-9-18(20)22(26)25(23)16-17-8-7-13-28-17/h3-6,9-12,17,24H,7-8,13-16H2,1-2H3. The summed E-state index contributed by atoms with van der Waals surface area (Å²) in [5, 5.41) is 3.61. The van der Waals surface area contributed by atoms with Gasteiger partial charge in [0.1, 0.15) is 18.0 Å². The van der Waals surface area contributed by atoms with Crippen LogP contribution >= 0.6 is 0 Å². The van der Waals surface area contributed by atoms with Crippen LogP contribution in [0.1, 0.15) is 35.7 Å². The van der Waals surface area contributed by atoms with E-state index in [2.05, 4.69) is 5.32 Å². The zero-order chi connectivity index (χ0) is 20.3. The number of fused-ring (bicyclic) bond motifs is 1. The minimum absolute atomic E-state index is 0.00374. The number of rotatable bonds is 7. The minimum atomic E-state index is -0.763. The maximum Gasteiger partial charge on any atom is 0.258 e. The topological polar surface area (TPSA) is 60.0 Å². The van der Waals surface area contributed by atoms with E-state index in [0.29, 0.717) is 25.3 Å². The Morgan fingerprint density at radius 2 is 1.97 bits per heavy atom. The second-order valence-corrected chi connectivity index (χ2v) is 7.63. The van der Waals surface area contributed by atoms with Gasteiger partial charge in [-0.25, -0.2) is 0 Å². The SMILES string of the molecule is COCCOc1ccccc1C1(C)Nc2ccccc2C(=O)N1CC1CCCO1. The third-order valence-electron chi connectivity index (χ3n) is 5.69. The molecular weight excluding hydrogens is 368 g/mol. The number of nitrogens with one attached hydrogen (secondary N) is 1. The molecule has 0 saturated carbocycles. The molecule has 0 radical (unpaired) electrons. The van der Waals surface area contributed by atoms with Crippen LogP contribution in [0, 0.1) is 0 Å². The summed E-state index contributed by atoms with van der Waals surface area (Å²) in [5.41, 5.74) is 1.66. The van der Waals surface area contributed by atoms with E-state index in [-0.39, 0.29) is 12.0 Å². The van der Waals surface area contributed by atoms with E-state index in [1.165, 1.54) is 0 Å². The van der Waals surface area contributed by atoms with Crippen molar-refractivity contribution in [2.45, 2.75) is 31.5 Å². The minimum Gasteiger partial charge on any atom is -0.491 e. The monoisotopic (exact) mass is 396 g/mol. The smallest absolute Gasteiger partial charge is 0.258 e. The largest absolute Gasteiger partial charge is 0.491 e. The first kappa shape index (κ1) is 19.7. The second kappa shape index (κ2) is 8.43. The van der Waals surface area contributed by atoms with Crippen LogP contribution in [0.5, 0.6) is 5.75 Å². The summed E-state index contributed by atoms with van der Waals surface area (Å²) in [4.78, 5) is 15.4. The van der Waals surface area contributed by atoms with E-state index >= 15 is 0 Å². The number of hydrogen-bond acceptors (Lipinski definition) is 5. The van der Waals surface area contributed by atoms with Crippen molar-refractivity contribution in [3.05, 3.63) is 59.7 Å². The molecule has 2 aliphatic heterocycles. The van der Waals surface area contributed by atoms with Crippen LogP contribution in [0.4, 0.5) is 5.69 Å². The zero-order valence-corrected chi connectivity index (χ0v) is 17.0. The van der Waals surface area contributed by atoms with Gasteiger partial charge in [0.15, 0.2) is 0 Å². The van der Waals surface area contributed by atoms with Gasteiger partial charge in [0.25, 0.3) is 5.91 Å². The van der Waals surface area contributed by atoms with E-state index in [4.69, 9.17) is 14.2 Å². The summed E-state index contributed by atoms with van der Waals surface area (Å²) in [6.45, 7) is 4.27. The molecule has 29 heavy (non-hydrogen) atoms. The predicted octanol–water partition coefficient (Wildman–Crippen LogP) is 3.63. The number of nitrogens with zero attached hydrogens (tertiary/aromatic N) is 1. The number of hydrogen-bond donors (Lipinski definition) is 1. The normalized spacial score (nSPS) is 23.6. The van der Waals surface area contributed by atoms with E-state index in [1.807, 2.05) is 60.4 Å². The molecule has 0 spiro atoms. The van der Waals surface area contributed by atoms with Crippen molar-refractivity contribution >= 4 is 11.6 Å². The Hall–Kier alpha value is -2.57. The van der Waals surface area contributed by atoms with Gasteiger partial charge in [-0.3, -0.25) is 4.79 Å². The highest BCUT2D eigenvalue weighted by molar-refractivity contribution is 6.02. The maximum atomic E-state index is 13.5. The van der Waals surface area contributed by atoms with E-state index in [1.54, 1.807) is 7.11 Å². The lowest BCUT2D eigenvalue weighted by Gasteiger charge is -2.47. The van der Waals surface area contributed by atoms with E-state index in [0.717, 1.165) is 36.4 Å². The predicted molar refractivity (Wildman–Crippen MR) is 111 cm³/mol. The first-order valence-electron chi connectivity index (χ1n) is 10.2. The number of carbonyl (C=O) groups is 1. The molecule has 2 aliphatic rings. The van der Waals surface area contributed by atoms with E-state index in [9.17, 15) is 4.79 Å². The molecule has 154 valence electrons. The van der Waals surface area contributed by atoms with Crippen LogP contribution in [0.3, 0.4) is 0 Å². The average molecular weight is 396 g/mol. The highest BCUT2D eigenvalue weighted by Gasteiger charge is 2.45. The molecule has 4 rings (SSSR count). The van der Waals surface area contributed by atoms with Gasteiger partial charge in [0.2, 0.25) is 0 Å². The molecule has 0 bridgehead atoms. The lowest BCUT2D eigenvalue weighted by molar-refractivity contribution is 0.0235. The summed E-state index contributed by atoms with van der Waals surface area (Å²) >= 11 is 0. The summed E-state index contributed by atoms with van der Waals surface area (Å²) in [6.07, 6.45) is 2.05. The third kappa shape index (κ3) is 3.82. The molecule has 1 N–H and O–H groups in total. The quantitative estimate of drug-likeness (QED) is 0.724. The van der Waals surface area contributed by atoms with Crippen molar-refractivity contribution in [2.24, 2.45) is 0 Å². The van der Waals surface area contributed by atoms with Crippen LogP contribution in [-0.4, -0.2) is 50.4 Å². The summed E-state index contributed by atoms with van der Waals surface area (Å²) < 4.78 is 17.0. The van der Waals surface area contributed by atoms with Crippen LogP contribution in [0.15, 0.2) is 48.5 Å². The van der Waals surface area contributed by atoms with Gasteiger partial charge in [-0.1, -0.05) is 30.3 Å². The van der Waals surface area contributed by atoms with Crippen LogP contribution in [-0.2, 0) is 15.1 Å². The fourth-order valence-corrected chi connectivity index (χ4v) is 4.16. The van der Waals surface area contributed by atoms with Crippen LogP contribution < -0.4 is 10.1 Å². The number of amides is 1. The molecule has 1 amide bonds. The Morgan fingerprint density at radius 3 is 2.76 bits per heavy atom. The Labute approximate surface area is 171 Å². The van der Waals surface area contributed by atoms with Crippen molar-refractivity contribution in [1.29, 1.82) is 0 Å². The maximum absolute atomic E-state index is 13.5. The fourth-order valence-electron chi connectivity index (χ4n) is 4.16. The molecular formula is C23H28N2O4. The van der Waals surface area contributed by atoms with Crippen molar-refractivity contribution in [3.63, 3.8) is 0 Å². The molecule has 1 saturated heterocycles. The van der Waals surface area contributed by atoms with Gasteiger partial charge in [-0.05, 0) is 38.0 Å². The van der Waals surface area contributed by atoms with Gasteiger partial charge in [0.05, 0.1) is 18.3 Å². The van der Waals surface area contributed by atoms with Crippen molar-refractivity contribution in [1.82, 2.24) is 4.90 Å². The number of carbonyl (C=O) groups excluding carboxylic acids is 1. The highest BCUT2D eigenvalue weighted by Crippen LogP contribution is 2.41. The molecule has 0 aromatic heterocycles. The Bertz CT molecular complexity index is 865. The summed E-state index contributed by atoms with van der Waals surface area (Å²) in [6, 6.07) is 15.5. The van der Waals surface area contributed by atoms with Gasteiger partial charge in [-0.2, -0.15) is 0 Å². The molecule has 2 aromatic rings. The lowest BCUT2D eigenvalue weighted by atomic mass is 9.92. The number of benzene rings is 2. The Morgan fingerprint density at radius 1 is 1.17 bits per heavy atom. The van der Waals surface area contributed by atoms with E-state index < -0.39 is 5.66 Å². The Kier molecular flexibility index (Phi) is 5.74. The van der Waals surface area contributed by atoms with Crippen LogP contribution in [0.2, 0.25) is 0 Å². The summed E-state index contributed by atoms with van der Waals surface area (Å²) in [7, 11) is 1.65. The van der Waals surface area contributed by atoms with Crippen molar-refractivity contribution in [2.75, 3.05) is 38.8 Å². The molecule has 2 heterocycles. The lowest BCUT2D eigenvalue weighted by Crippen LogP contribution is -2.57. The number of methoxy groups -OCH3 is 1. The number of anilines is 1. The van der Waals surface area contributed by atoms with Crippen molar-refractivity contribution in [3.8, 4) is 5.75 Å². The molecule has 6 heteroatoms. The molecule has 2 unspecified atom stereocenters. The van der Waals surface area contributed by atoms with Gasteiger partial charge < -0.3 is 24.4 Å². The van der Waals surface area contributed by atoms with Crippen molar-refractivity contribution < 1.29 is 19.0 Å². The fraction of sp³-hybridized carbons (Fsp3) is 0.435. The molecule has 2 aromatic carbocycles. The van der Waals surface area contributed by atoms with Gasteiger partial charge in [-0.15, -0.1) is 0 Å². The van der Waals surface area contributed by atoms with Gasteiger partial charge >= 0.3 is 0 Å². The second-order valence-electron chi connectivity index (χ2n) is 7.63. The molecule has 1 fully saturated rings. The molecule has 0 aliphatic carbocycles. The zero-order valence-electron chi connectivity index (χ0n) is 17.0. The van der Waals surface area contributed by atoms with Crippen LogP contribution in [0.25, 0.3) is 0 Å². The van der Waals surface area contributed by atoms with Gasteiger partial charge in [0, 0.05) is 31.5 Å².